The average molecular weight is 427 g/mol. The van der Waals surface area contributed by atoms with Gasteiger partial charge in [-0.1, -0.05) is 36.4 Å². The Bertz CT molecular complexity index is 819. The highest BCUT2D eigenvalue weighted by Gasteiger charge is 2.34. The van der Waals surface area contributed by atoms with E-state index < -0.39 is 0 Å². The van der Waals surface area contributed by atoms with E-state index in [1.54, 1.807) is 4.90 Å². The number of likely N-dealkylation sites (tertiary alicyclic amines) is 1. The topological polar surface area (TPSA) is 55.9 Å². The van der Waals surface area contributed by atoms with Gasteiger partial charge in [0.15, 0.2) is 0 Å². The van der Waals surface area contributed by atoms with Gasteiger partial charge in [-0.2, -0.15) is 0 Å². The highest BCUT2D eigenvalue weighted by atomic mass is 32.1. The molecule has 1 aromatic carbocycles. The molecule has 7 heteroatoms. The number of hydrogen-bond donors (Lipinski definition) is 1. The van der Waals surface area contributed by atoms with Crippen molar-refractivity contribution in [1.82, 2.24) is 20.0 Å². The molecule has 4 rings (SSSR count). The molecular formula is C23H30N4O2S. The quantitative estimate of drug-likeness (QED) is 0.738. The number of piperazine rings is 1. The summed E-state index contributed by atoms with van der Waals surface area (Å²) in [6, 6.07) is 14.0. The number of rotatable bonds is 7. The molecule has 0 saturated carbocycles. The molecule has 0 radical (unpaired) electrons. The molecule has 2 aliphatic heterocycles. The van der Waals surface area contributed by atoms with Crippen LogP contribution in [0.3, 0.4) is 0 Å². The van der Waals surface area contributed by atoms with E-state index in [1.165, 1.54) is 16.9 Å². The van der Waals surface area contributed by atoms with E-state index in [0.717, 1.165) is 52.1 Å². The summed E-state index contributed by atoms with van der Waals surface area (Å²) >= 11 is 1.44. The van der Waals surface area contributed by atoms with Crippen LogP contribution in [-0.2, 0) is 11.3 Å². The van der Waals surface area contributed by atoms with Gasteiger partial charge in [0.2, 0.25) is 5.91 Å². The zero-order valence-corrected chi connectivity index (χ0v) is 18.2. The monoisotopic (exact) mass is 426 g/mol. The van der Waals surface area contributed by atoms with Crippen LogP contribution in [0.5, 0.6) is 0 Å². The first-order chi connectivity index (χ1) is 14.7. The molecule has 6 nitrogen and oxygen atoms in total. The number of carbonyl (C=O) groups excluding carboxylic acids is 2. The molecule has 2 saturated heterocycles. The Labute approximate surface area is 182 Å². The summed E-state index contributed by atoms with van der Waals surface area (Å²) in [5.74, 6) is -0.0303. The Morgan fingerprint density at radius 1 is 0.967 bits per heavy atom. The number of carbonyl (C=O) groups is 2. The summed E-state index contributed by atoms with van der Waals surface area (Å²) in [7, 11) is 0. The molecule has 3 heterocycles. The fourth-order valence-electron chi connectivity index (χ4n) is 4.29. The Morgan fingerprint density at radius 2 is 1.73 bits per heavy atom. The second-order valence-corrected chi connectivity index (χ2v) is 8.98. The molecule has 0 bridgehead atoms. The minimum atomic E-state index is -0.331. The van der Waals surface area contributed by atoms with Gasteiger partial charge < -0.3 is 10.2 Å². The zero-order valence-electron chi connectivity index (χ0n) is 17.3. The van der Waals surface area contributed by atoms with E-state index >= 15 is 0 Å². The van der Waals surface area contributed by atoms with E-state index in [-0.39, 0.29) is 17.9 Å². The number of nitrogens with zero attached hydrogens (tertiary/aromatic N) is 3. The molecule has 2 aliphatic rings. The summed E-state index contributed by atoms with van der Waals surface area (Å²) in [5, 5.41) is 4.97. The highest BCUT2D eigenvalue weighted by Crippen LogP contribution is 2.22. The number of nitrogens with one attached hydrogen (secondary N) is 1. The Balaban J connectivity index is 1.17. The molecule has 2 aromatic rings. The third kappa shape index (κ3) is 5.28. The highest BCUT2D eigenvalue weighted by molar-refractivity contribution is 7.12. The molecular weight excluding hydrogens is 396 g/mol. The van der Waals surface area contributed by atoms with Crippen LogP contribution in [0.4, 0.5) is 0 Å². The van der Waals surface area contributed by atoms with Gasteiger partial charge in [-0.25, -0.2) is 0 Å². The van der Waals surface area contributed by atoms with Gasteiger partial charge in [0, 0.05) is 52.4 Å². The van der Waals surface area contributed by atoms with Crippen molar-refractivity contribution in [2.45, 2.75) is 25.4 Å². The van der Waals surface area contributed by atoms with Crippen molar-refractivity contribution in [3.8, 4) is 0 Å². The fraction of sp³-hybridized carbons (Fsp3) is 0.478. The van der Waals surface area contributed by atoms with Gasteiger partial charge in [0.1, 0.15) is 6.04 Å². The molecule has 1 atom stereocenters. The Hall–Kier alpha value is -2.22. The van der Waals surface area contributed by atoms with Crippen molar-refractivity contribution in [2.75, 3.05) is 45.8 Å². The van der Waals surface area contributed by atoms with E-state index in [4.69, 9.17) is 0 Å². The summed E-state index contributed by atoms with van der Waals surface area (Å²) in [6.45, 7) is 7.30. The van der Waals surface area contributed by atoms with Crippen LogP contribution in [0.15, 0.2) is 47.8 Å². The number of hydrogen-bond acceptors (Lipinski definition) is 5. The predicted molar refractivity (Wildman–Crippen MR) is 120 cm³/mol. The second-order valence-electron chi connectivity index (χ2n) is 8.03. The second kappa shape index (κ2) is 10.2. The first-order valence-electron chi connectivity index (χ1n) is 10.8. The number of benzene rings is 1. The van der Waals surface area contributed by atoms with E-state index in [1.807, 2.05) is 17.5 Å². The maximum Gasteiger partial charge on any atom is 0.264 e. The smallest absolute Gasteiger partial charge is 0.264 e. The van der Waals surface area contributed by atoms with Gasteiger partial charge in [-0.05, 0) is 29.9 Å². The van der Waals surface area contributed by atoms with Crippen molar-refractivity contribution in [2.24, 2.45) is 0 Å². The standard InChI is InChI=1S/C23H30N4O2S/c28-22(20-8-4-11-27(20)23(29)21-9-5-17-30-21)24-10-12-25-13-15-26(16-14-25)18-19-6-2-1-3-7-19/h1-3,5-7,9,17,20H,4,8,10-16,18H2,(H,24,28)/t20-/m0/s1. The van der Waals surface area contributed by atoms with E-state index in [9.17, 15) is 9.59 Å². The summed E-state index contributed by atoms with van der Waals surface area (Å²) in [6.07, 6.45) is 1.64. The first-order valence-corrected chi connectivity index (χ1v) is 11.7. The van der Waals surface area contributed by atoms with Crippen LogP contribution in [0.1, 0.15) is 28.1 Å². The molecule has 0 unspecified atom stereocenters. The largest absolute Gasteiger partial charge is 0.353 e. The zero-order chi connectivity index (χ0) is 20.8. The van der Waals surface area contributed by atoms with Crippen LogP contribution in [-0.4, -0.2) is 78.4 Å². The van der Waals surface area contributed by atoms with Crippen LogP contribution < -0.4 is 5.32 Å². The summed E-state index contributed by atoms with van der Waals surface area (Å²) < 4.78 is 0. The predicted octanol–water partition coefficient (Wildman–Crippen LogP) is 2.29. The normalized spacial score (nSPS) is 20.4. The number of thiophene rings is 1. The SMILES string of the molecule is O=C(NCCN1CCN(Cc2ccccc2)CC1)[C@@H]1CCCN1C(=O)c1cccs1. The van der Waals surface area contributed by atoms with Crippen LogP contribution in [0.2, 0.25) is 0 Å². The van der Waals surface area contributed by atoms with E-state index in [0.29, 0.717) is 18.0 Å². The van der Waals surface area contributed by atoms with Crippen molar-refractivity contribution < 1.29 is 9.59 Å². The van der Waals surface area contributed by atoms with Crippen LogP contribution in [0, 0.1) is 0 Å². The number of amides is 2. The maximum atomic E-state index is 12.7. The van der Waals surface area contributed by atoms with Gasteiger partial charge in [0.05, 0.1) is 4.88 Å². The minimum Gasteiger partial charge on any atom is -0.353 e. The molecule has 2 fully saturated rings. The van der Waals surface area contributed by atoms with Crippen molar-refractivity contribution in [3.05, 3.63) is 58.3 Å². The molecule has 0 spiro atoms. The lowest BCUT2D eigenvalue weighted by Gasteiger charge is -2.34. The first kappa shape index (κ1) is 21.0. The summed E-state index contributed by atoms with van der Waals surface area (Å²) in [5.41, 5.74) is 1.36. The van der Waals surface area contributed by atoms with Gasteiger partial charge in [-0.3, -0.25) is 19.4 Å². The lowest BCUT2D eigenvalue weighted by molar-refractivity contribution is -0.124. The molecule has 160 valence electrons. The molecule has 30 heavy (non-hydrogen) atoms. The molecule has 1 N–H and O–H groups in total. The van der Waals surface area contributed by atoms with Crippen molar-refractivity contribution >= 4 is 23.2 Å². The maximum absolute atomic E-state index is 12.7. The lowest BCUT2D eigenvalue weighted by atomic mass is 10.2. The van der Waals surface area contributed by atoms with Gasteiger partial charge in [-0.15, -0.1) is 11.3 Å². The van der Waals surface area contributed by atoms with E-state index in [2.05, 4.69) is 45.4 Å². The molecule has 2 amide bonds. The minimum absolute atomic E-state index is 0.0138. The van der Waals surface area contributed by atoms with Crippen molar-refractivity contribution in [1.29, 1.82) is 0 Å². The third-order valence-corrected chi connectivity index (χ3v) is 6.85. The molecule has 0 aliphatic carbocycles. The van der Waals surface area contributed by atoms with Crippen molar-refractivity contribution in [3.63, 3.8) is 0 Å². The fourth-order valence-corrected chi connectivity index (χ4v) is 4.97. The lowest BCUT2D eigenvalue weighted by Crippen LogP contribution is -2.50. The van der Waals surface area contributed by atoms with Gasteiger partial charge >= 0.3 is 0 Å². The van der Waals surface area contributed by atoms with Crippen LogP contribution >= 0.6 is 11.3 Å². The average Bonchev–Trinajstić information content (AvgIpc) is 3.48. The van der Waals surface area contributed by atoms with Crippen LogP contribution in [0.25, 0.3) is 0 Å². The Kier molecular flexibility index (Phi) is 7.15. The van der Waals surface area contributed by atoms with Gasteiger partial charge in [0.25, 0.3) is 5.91 Å². The molecule has 1 aromatic heterocycles. The Morgan fingerprint density at radius 3 is 2.47 bits per heavy atom. The third-order valence-electron chi connectivity index (χ3n) is 5.99. The summed E-state index contributed by atoms with van der Waals surface area (Å²) in [4.78, 5) is 32.7.